The van der Waals surface area contributed by atoms with Gasteiger partial charge in [0.1, 0.15) is 0 Å². The van der Waals surface area contributed by atoms with Crippen LogP contribution >= 0.6 is 0 Å². The molecule has 12 heteroatoms. The molecule has 0 aromatic carbocycles. The second-order valence-electron chi connectivity index (χ2n) is 4.91. The Morgan fingerprint density at radius 2 is 0.542 bits per heavy atom. The first kappa shape index (κ1) is 26.4. The maximum atomic E-state index is 8.52. The van der Waals surface area contributed by atoms with Crippen molar-refractivity contribution < 1.29 is 34.6 Å². The van der Waals surface area contributed by atoms with E-state index in [-0.39, 0.29) is 17.1 Å². The monoisotopic (exact) mass is 409 g/mol. The van der Waals surface area contributed by atoms with Crippen molar-refractivity contribution in [3.8, 4) is 0 Å². The van der Waals surface area contributed by atoms with Crippen LogP contribution in [0.2, 0.25) is 0 Å². The van der Waals surface area contributed by atoms with Gasteiger partial charge in [-0.05, 0) is 0 Å². The van der Waals surface area contributed by atoms with Crippen LogP contribution in [0, 0.1) is 0 Å². The fourth-order valence-corrected chi connectivity index (χ4v) is 1.81. The second kappa shape index (κ2) is 19.5. The molecule has 0 aliphatic carbocycles. The fourth-order valence-electron chi connectivity index (χ4n) is 1.81. The molecule has 0 amide bonds. The van der Waals surface area contributed by atoms with E-state index >= 15 is 0 Å². The van der Waals surface area contributed by atoms with E-state index in [1.807, 2.05) is 0 Å². The average Bonchev–Trinajstić information content (AvgIpc) is 2.46. The van der Waals surface area contributed by atoms with E-state index in [9.17, 15) is 0 Å². The Hall–Kier alpha value is 0.149. The standard InChI is InChI=1S/C12H30N6.Mn.H2O4S/c1-2-14-5-6-16-9-10-18-12-11-17-8-7-15-4-3-13-1;;1-5(2,3)4/h13-18H,1-12H2;;(H2,1,2,3,4)/q;+2;/p-2. The van der Waals surface area contributed by atoms with Gasteiger partial charge in [-0.25, -0.2) is 0 Å². The van der Waals surface area contributed by atoms with Crippen molar-refractivity contribution in [2.45, 2.75) is 0 Å². The van der Waals surface area contributed by atoms with Crippen molar-refractivity contribution in [2.75, 3.05) is 78.5 Å². The van der Waals surface area contributed by atoms with Gasteiger partial charge in [-0.15, -0.1) is 0 Å². The van der Waals surface area contributed by atoms with Gasteiger partial charge in [-0.2, -0.15) is 0 Å². The van der Waals surface area contributed by atoms with Gasteiger partial charge in [-0.3, -0.25) is 8.42 Å². The molecular weight excluding hydrogens is 379 g/mol. The molecule has 0 aromatic heterocycles. The molecule has 1 aliphatic rings. The fraction of sp³-hybridized carbons (Fsp3) is 1.00. The van der Waals surface area contributed by atoms with E-state index in [1.54, 1.807) is 0 Å². The minimum absolute atomic E-state index is 0. The minimum atomic E-state index is -5.17. The molecule has 0 spiro atoms. The summed E-state index contributed by atoms with van der Waals surface area (Å²) < 4.78 is 34.1. The zero-order valence-corrected chi connectivity index (χ0v) is 15.9. The zero-order chi connectivity index (χ0) is 17.2. The Labute approximate surface area is 155 Å². The topological polar surface area (TPSA) is 152 Å². The van der Waals surface area contributed by atoms with Crippen LogP contribution < -0.4 is 31.9 Å². The Morgan fingerprint density at radius 3 is 0.625 bits per heavy atom. The van der Waals surface area contributed by atoms with Gasteiger partial charge in [-0.1, -0.05) is 0 Å². The molecule has 1 aliphatic heterocycles. The van der Waals surface area contributed by atoms with Gasteiger partial charge >= 0.3 is 17.1 Å². The van der Waals surface area contributed by atoms with Gasteiger partial charge in [0, 0.05) is 88.9 Å². The van der Waals surface area contributed by atoms with Crippen LogP contribution in [0.4, 0.5) is 0 Å². The van der Waals surface area contributed by atoms with E-state index in [1.165, 1.54) is 0 Å². The predicted octanol–water partition coefficient (Wildman–Crippen LogP) is -3.80. The quantitative estimate of drug-likeness (QED) is 0.133. The minimum Gasteiger partial charge on any atom is -0.759 e. The summed E-state index contributed by atoms with van der Waals surface area (Å²) >= 11 is 0. The summed E-state index contributed by atoms with van der Waals surface area (Å²) in [5.41, 5.74) is 0. The normalized spacial score (nSPS) is 20.4. The number of hydrogen-bond acceptors (Lipinski definition) is 10. The first-order valence-corrected chi connectivity index (χ1v) is 9.24. The van der Waals surface area contributed by atoms with Crippen molar-refractivity contribution >= 4 is 10.4 Å². The van der Waals surface area contributed by atoms with Crippen LogP contribution in [0.15, 0.2) is 0 Å². The third-order valence-electron chi connectivity index (χ3n) is 2.87. The Kier molecular flexibility index (Phi) is 21.4. The molecule has 10 nitrogen and oxygen atoms in total. The third kappa shape index (κ3) is 30.1. The summed E-state index contributed by atoms with van der Waals surface area (Å²) in [6, 6.07) is 0. The first-order chi connectivity index (χ1) is 11.0. The summed E-state index contributed by atoms with van der Waals surface area (Å²) in [5.74, 6) is 0. The zero-order valence-electron chi connectivity index (χ0n) is 13.9. The van der Waals surface area contributed by atoms with E-state index in [2.05, 4.69) is 31.9 Å². The van der Waals surface area contributed by atoms with Crippen molar-refractivity contribution in [1.82, 2.24) is 31.9 Å². The second-order valence-corrected chi connectivity index (χ2v) is 5.72. The number of nitrogens with one attached hydrogen (secondary N) is 6. The summed E-state index contributed by atoms with van der Waals surface area (Å²) in [4.78, 5) is 0. The van der Waals surface area contributed by atoms with Crippen LogP contribution in [0.3, 0.4) is 0 Å². The summed E-state index contributed by atoms with van der Waals surface area (Å²) in [6.45, 7) is 12.5. The largest absolute Gasteiger partial charge is 2.00 e. The van der Waals surface area contributed by atoms with E-state index < -0.39 is 10.4 Å². The molecule has 0 bridgehead atoms. The molecule has 24 heavy (non-hydrogen) atoms. The van der Waals surface area contributed by atoms with Crippen molar-refractivity contribution in [3.63, 3.8) is 0 Å². The van der Waals surface area contributed by atoms with E-state index in [4.69, 9.17) is 17.5 Å². The van der Waals surface area contributed by atoms with Crippen LogP contribution in [0.5, 0.6) is 0 Å². The molecule has 1 saturated heterocycles. The Morgan fingerprint density at radius 1 is 0.458 bits per heavy atom. The third-order valence-corrected chi connectivity index (χ3v) is 2.87. The van der Waals surface area contributed by atoms with Gasteiger partial charge in [0.25, 0.3) is 0 Å². The SMILES string of the molecule is C1CNCCNCCNCCNCCNCCN1.O=S(=O)([O-])[O-].[Mn+2]. The molecular formula is C12H30MnN6O4S. The molecule has 0 atom stereocenters. The molecule has 1 rings (SSSR count). The maximum absolute atomic E-state index is 8.52. The number of hydrogen-bond donors (Lipinski definition) is 6. The van der Waals surface area contributed by atoms with E-state index in [0.29, 0.717) is 0 Å². The molecule has 0 unspecified atom stereocenters. The molecule has 145 valence electrons. The predicted molar refractivity (Wildman–Crippen MR) is 87.7 cm³/mol. The van der Waals surface area contributed by atoms with Crippen LogP contribution in [-0.2, 0) is 27.5 Å². The van der Waals surface area contributed by atoms with Gasteiger partial charge in [0.15, 0.2) is 0 Å². The molecule has 0 saturated carbocycles. The van der Waals surface area contributed by atoms with Crippen molar-refractivity contribution in [2.24, 2.45) is 0 Å². The van der Waals surface area contributed by atoms with Crippen molar-refractivity contribution in [1.29, 1.82) is 0 Å². The summed E-state index contributed by atoms with van der Waals surface area (Å²) in [6.07, 6.45) is 0. The Balaban J connectivity index is 0. The van der Waals surface area contributed by atoms with Crippen LogP contribution in [0.1, 0.15) is 0 Å². The molecule has 0 aromatic rings. The Bertz CT molecular complexity index is 267. The van der Waals surface area contributed by atoms with Gasteiger partial charge in [0.05, 0.1) is 0 Å². The number of rotatable bonds is 0. The first-order valence-electron chi connectivity index (χ1n) is 7.91. The van der Waals surface area contributed by atoms with Crippen LogP contribution in [-0.4, -0.2) is 96.1 Å². The molecule has 1 radical (unpaired) electrons. The average molecular weight is 409 g/mol. The van der Waals surface area contributed by atoms with Crippen LogP contribution in [0.25, 0.3) is 0 Å². The molecule has 1 heterocycles. The summed E-state index contributed by atoms with van der Waals surface area (Å²) in [5, 5.41) is 20.5. The van der Waals surface area contributed by atoms with E-state index in [0.717, 1.165) is 78.5 Å². The maximum Gasteiger partial charge on any atom is 2.00 e. The van der Waals surface area contributed by atoms with Crippen molar-refractivity contribution in [3.05, 3.63) is 0 Å². The molecule has 6 N–H and O–H groups in total. The summed E-state index contributed by atoms with van der Waals surface area (Å²) in [7, 11) is -5.17. The van der Waals surface area contributed by atoms with Gasteiger partial charge < -0.3 is 41.0 Å². The molecule has 1 fully saturated rings. The smallest absolute Gasteiger partial charge is 0.759 e. The van der Waals surface area contributed by atoms with Gasteiger partial charge in [0.2, 0.25) is 0 Å².